The lowest BCUT2D eigenvalue weighted by molar-refractivity contribution is -0.210. The fourth-order valence-electron chi connectivity index (χ4n) is 8.15. The van der Waals surface area contributed by atoms with Gasteiger partial charge in [0, 0.05) is 11.3 Å². The molecule has 7 heteroatoms. The molecule has 4 rings (SSSR count). The monoisotopic (exact) mass is 436 g/mol. The second-order valence-corrected chi connectivity index (χ2v) is 11.1. The molecule has 0 aromatic rings. The molecule has 0 unspecified atom stereocenters. The van der Waals surface area contributed by atoms with Gasteiger partial charge in [0.25, 0.3) is 0 Å². The number of aliphatic carboxylic acids is 1. The number of aliphatic hydroxyl groups is 2. The van der Waals surface area contributed by atoms with Gasteiger partial charge < -0.3 is 20.1 Å². The van der Waals surface area contributed by atoms with Crippen molar-refractivity contribution in [3.8, 4) is 0 Å². The summed E-state index contributed by atoms with van der Waals surface area (Å²) in [5.41, 5.74) is -1.33. The SMILES string of the molecule is C[C@]12CC[C@H](O)C[C@H]1CC[C@@H]1[C@@H]2CC[C@]2(C)[C@@H](C(=O)COC(=O)CC(=O)O)CC[C@]12O. The first kappa shape index (κ1) is 22.7. The van der Waals surface area contributed by atoms with Gasteiger partial charge in [-0.15, -0.1) is 0 Å². The summed E-state index contributed by atoms with van der Waals surface area (Å²) in [7, 11) is 0. The van der Waals surface area contributed by atoms with Crippen molar-refractivity contribution in [2.75, 3.05) is 6.61 Å². The van der Waals surface area contributed by atoms with Crippen molar-refractivity contribution < 1.29 is 34.4 Å². The normalized spacial score (nSPS) is 46.4. The number of carbonyl (C=O) groups is 3. The molecule has 0 spiro atoms. The van der Waals surface area contributed by atoms with Gasteiger partial charge in [0.05, 0.1) is 11.7 Å². The third-order valence-electron chi connectivity index (χ3n) is 9.88. The van der Waals surface area contributed by atoms with Gasteiger partial charge in [-0.05, 0) is 81.0 Å². The zero-order chi connectivity index (χ0) is 22.6. The van der Waals surface area contributed by atoms with Gasteiger partial charge in [-0.2, -0.15) is 0 Å². The highest BCUT2D eigenvalue weighted by molar-refractivity contribution is 5.92. The largest absolute Gasteiger partial charge is 0.481 e. The summed E-state index contributed by atoms with van der Waals surface area (Å²) < 4.78 is 4.91. The molecule has 0 aromatic heterocycles. The van der Waals surface area contributed by atoms with Crippen molar-refractivity contribution in [3.05, 3.63) is 0 Å². The number of ketones is 1. The summed E-state index contributed by atoms with van der Waals surface area (Å²) in [4.78, 5) is 35.2. The van der Waals surface area contributed by atoms with Crippen LogP contribution in [-0.2, 0) is 19.1 Å². The van der Waals surface area contributed by atoms with Crippen molar-refractivity contribution in [2.45, 2.75) is 89.8 Å². The number of fused-ring (bicyclic) bond motifs is 5. The summed E-state index contributed by atoms with van der Waals surface area (Å²) in [6.07, 6.45) is 6.54. The van der Waals surface area contributed by atoms with Crippen LogP contribution in [0.1, 0.15) is 78.1 Å². The van der Waals surface area contributed by atoms with Gasteiger partial charge in [0.2, 0.25) is 0 Å². The van der Waals surface area contributed by atoms with E-state index in [9.17, 15) is 24.6 Å². The molecule has 3 N–H and O–H groups in total. The molecule has 0 aromatic carbocycles. The molecule has 4 aliphatic rings. The van der Waals surface area contributed by atoms with E-state index in [0.29, 0.717) is 24.7 Å². The quantitative estimate of drug-likeness (QED) is 0.447. The number of ether oxygens (including phenoxy) is 1. The lowest BCUT2D eigenvalue weighted by Gasteiger charge is -2.63. The van der Waals surface area contributed by atoms with Crippen molar-refractivity contribution in [1.82, 2.24) is 0 Å². The van der Waals surface area contributed by atoms with E-state index in [1.54, 1.807) is 0 Å². The van der Waals surface area contributed by atoms with Crippen molar-refractivity contribution in [2.24, 2.45) is 34.5 Å². The molecule has 0 radical (unpaired) electrons. The molecule has 0 bridgehead atoms. The van der Waals surface area contributed by atoms with Crippen molar-refractivity contribution in [1.29, 1.82) is 0 Å². The maximum Gasteiger partial charge on any atom is 0.317 e. The first-order chi connectivity index (χ1) is 14.5. The fraction of sp³-hybridized carbons (Fsp3) is 0.875. The summed E-state index contributed by atoms with van der Waals surface area (Å²) in [6.45, 7) is 3.96. The van der Waals surface area contributed by atoms with E-state index in [1.165, 1.54) is 0 Å². The second-order valence-electron chi connectivity index (χ2n) is 11.1. The number of aliphatic hydroxyl groups excluding tert-OH is 1. The molecule has 0 amide bonds. The Morgan fingerprint density at radius 3 is 2.42 bits per heavy atom. The average molecular weight is 437 g/mol. The predicted octanol–water partition coefficient (Wildman–Crippen LogP) is 2.71. The Balaban J connectivity index is 1.50. The number of carboxylic acids is 1. The van der Waals surface area contributed by atoms with Gasteiger partial charge in [-0.3, -0.25) is 14.4 Å². The minimum absolute atomic E-state index is 0.133. The summed E-state index contributed by atoms with van der Waals surface area (Å²) in [6, 6.07) is 0. The lowest BCUT2D eigenvalue weighted by atomic mass is 9.43. The molecule has 31 heavy (non-hydrogen) atoms. The van der Waals surface area contributed by atoms with E-state index in [4.69, 9.17) is 9.84 Å². The van der Waals surface area contributed by atoms with Crippen LogP contribution in [0.2, 0.25) is 0 Å². The van der Waals surface area contributed by atoms with Crippen molar-refractivity contribution >= 4 is 17.7 Å². The minimum Gasteiger partial charge on any atom is -0.481 e. The van der Waals surface area contributed by atoms with Gasteiger partial charge in [0.15, 0.2) is 5.78 Å². The van der Waals surface area contributed by atoms with Crippen LogP contribution in [0.3, 0.4) is 0 Å². The van der Waals surface area contributed by atoms with Crippen LogP contribution in [0.4, 0.5) is 0 Å². The zero-order valence-electron chi connectivity index (χ0n) is 18.6. The first-order valence-corrected chi connectivity index (χ1v) is 11.8. The Bertz CT molecular complexity index is 765. The van der Waals surface area contributed by atoms with E-state index in [2.05, 4.69) is 6.92 Å². The highest BCUT2D eigenvalue weighted by atomic mass is 16.5. The molecule has 0 saturated heterocycles. The zero-order valence-corrected chi connectivity index (χ0v) is 18.6. The van der Waals surface area contributed by atoms with Crippen LogP contribution in [-0.4, -0.2) is 51.4 Å². The third kappa shape index (κ3) is 3.52. The number of carbonyl (C=O) groups excluding carboxylic acids is 2. The van der Waals surface area contributed by atoms with Crippen LogP contribution < -0.4 is 0 Å². The van der Waals surface area contributed by atoms with E-state index >= 15 is 0 Å². The van der Waals surface area contributed by atoms with Crippen LogP contribution in [0, 0.1) is 34.5 Å². The number of Topliss-reactive ketones (excluding diaryl/α,β-unsaturated/α-hetero) is 1. The molecule has 4 saturated carbocycles. The number of esters is 1. The van der Waals surface area contributed by atoms with Crippen molar-refractivity contribution in [3.63, 3.8) is 0 Å². The van der Waals surface area contributed by atoms with E-state index < -0.39 is 36.0 Å². The Hall–Kier alpha value is -1.47. The second kappa shape index (κ2) is 7.84. The Kier molecular flexibility index (Phi) is 5.74. The smallest absolute Gasteiger partial charge is 0.317 e. The predicted molar refractivity (Wildman–Crippen MR) is 111 cm³/mol. The molecule has 4 fully saturated rings. The summed E-state index contributed by atoms with van der Waals surface area (Å²) >= 11 is 0. The molecular formula is C24H36O7. The maximum absolute atomic E-state index is 13.0. The molecule has 8 atom stereocenters. The van der Waals surface area contributed by atoms with Gasteiger partial charge >= 0.3 is 11.9 Å². The van der Waals surface area contributed by atoms with E-state index in [1.807, 2.05) is 6.92 Å². The number of hydrogen-bond donors (Lipinski definition) is 3. The van der Waals surface area contributed by atoms with Gasteiger partial charge in [-0.25, -0.2) is 0 Å². The first-order valence-electron chi connectivity index (χ1n) is 11.8. The van der Waals surface area contributed by atoms with E-state index in [0.717, 1.165) is 44.9 Å². The van der Waals surface area contributed by atoms with Crippen LogP contribution in [0.25, 0.3) is 0 Å². The highest BCUT2D eigenvalue weighted by Crippen LogP contribution is 2.69. The number of carboxylic acid groups (broad SMARTS) is 1. The summed E-state index contributed by atoms with van der Waals surface area (Å²) in [5, 5.41) is 30.9. The summed E-state index contributed by atoms with van der Waals surface area (Å²) in [5.74, 6) is -1.73. The lowest BCUT2D eigenvalue weighted by Crippen LogP contribution is -2.62. The molecule has 0 heterocycles. The van der Waals surface area contributed by atoms with Crippen LogP contribution in [0.5, 0.6) is 0 Å². The maximum atomic E-state index is 13.0. The van der Waals surface area contributed by atoms with Gasteiger partial charge in [0.1, 0.15) is 13.0 Å². The average Bonchev–Trinajstić information content (AvgIpc) is 2.98. The highest BCUT2D eigenvalue weighted by Gasteiger charge is 2.68. The Morgan fingerprint density at radius 2 is 1.71 bits per heavy atom. The minimum atomic E-state index is -1.28. The molecule has 7 nitrogen and oxygen atoms in total. The third-order valence-corrected chi connectivity index (χ3v) is 9.88. The Morgan fingerprint density at radius 1 is 0.968 bits per heavy atom. The fourth-order valence-corrected chi connectivity index (χ4v) is 8.15. The molecular weight excluding hydrogens is 400 g/mol. The number of hydrogen-bond acceptors (Lipinski definition) is 6. The topological polar surface area (TPSA) is 121 Å². The van der Waals surface area contributed by atoms with Gasteiger partial charge in [-0.1, -0.05) is 13.8 Å². The molecule has 0 aliphatic heterocycles. The van der Waals surface area contributed by atoms with Crippen LogP contribution in [0.15, 0.2) is 0 Å². The van der Waals surface area contributed by atoms with Crippen LogP contribution >= 0.6 is 0 Å². The number of rotatable bonds is 5. The Labute approximate surface area is 183 Å². The van der Waals surface area contributed by atoms with E-state index in [-0.39, 0.29) is 29.1 Å². The molecule has 4 aliphatic carbocycles. The molecule has 174 valence electrons. The standard InChI is InChI=1S/C24H36O7/c1-22-8-5-15(25)11-14(22)3-4-17-16(22)6-9-23(2)18(7-10-24(17,23)30)19(26)13-31-21(29)12-20(27)28/h14-18,25,30H,3-13H2,1-2H3,(H,27,28)/t14-,15+,16+,17-,18-,22+,23-,24+/m1/s1.